The highest BCUT2D eigenvalue weighted by Gasteiger charge is 2.32. The van der Waals surface area contributed by atoms with Crippen LogP contribution in [0.5, 0.6) is 0 Å². The van der Waals surface area contributed by atoms with E-state index in [4.69, 9.17) is 9.52 Å². The smallest absolute Gasteiger partial charge is 0.329 e. The molecular formula is C12H19N3O4. The number of amides is 2. The fourth-order valence-corrected chi connectivity index (χ4v) is 1.36. The van der Waals surface area contributed by atoms with E-state index in [0.717, 1.165) is 5.69 Å². The van der Waals surface area contributed by atoms with Gasteiger partial charge in [-0.15, -0.1) is 0 Å². The Balaban J connectivity index is 2.54. The summed E-state index contributed by atoms with van der Waals surface area (Å²) in [5.74, 6) is 0.00720. The van der Waals surface area contributed by atoms with Crippen molar-refractivity contribution in [3.05, 3.63) is 17.3 Å². The summed E-state index contributed by atoms with van der Waals surface area (Å²) in [5, 5.41) is 14.0. The molecule has 0 radical (unpaired) electrons. The largest absolute Gasteiger partial charge is 0.480 e. The molecule has 7 nitrogen and oxygen atoms in total. The zero-order valence-corrected chi connectivity index (χ0v) is 11.5. The molecule has 1 heterocycles. The van der Waals surface area contributed by atoms with Crippen LogP contribution < -0.4 is 10.6 Å². The van der Waals surface area contributed by atoms with Crippen molar-refractivity contribution in [2.24, 2.45) is 0 Å². The van der Waals surface area contributed by atoms with Gasteiger partial charge in [-0.3, -0.25) is 0 Å². The summed E-state index contributed by atoms with van der Waals surface area (Å²) in [6.45, 7) is 6.84. The lowest BCUT2D eigenvalue weighted by molar-refractivity contribution is -0.143. The molecule has 19 heavy (non-hydrogen) atoms. The lowest BCUT2D eigenvalue weighted by Crippen LogP contribution is -2.54. The van der Waals surface area contributed by atoms with Crippen LogP contribution >= 0.6 is 0 Å². The standard InChI is InChI=1S/C12H19N3O4/c1-5-12(4,10(16)17)15-11(18)13-6-9-14-7(2)8(3)19-9/h5-6H2,1-4H3,(H,16,17)(H2,13,15,18). The van der Waals surface area contributed by atoms with E-state index in [-0.39, 0.29) is 13.0 Å². The maximum atomic E-state index is 11.6. The number of aryl methyl sites for hydroxylation is 2. The van der Waals surface area contributed by atoms with Crippen LogP contribution in [0, 0.1) is 13.8 Å². The third-order valence-corrected chi connectivity index (χ3v) is 3.04. The minimum absolute atomic E-state index is 0.111. The van der Waals surface area contributed by atoms with Gasteiger partial charge in [-0.05, 0) is 27.2 Å². The second-order valence-electron chi connectivity index (χ2n) is 4.55. The van der Waals surface area contributed by atoms with Gasteiger partial charge in [0.2, 0.25) is 5.89 Å². The number of hydrogen-bond donors (Lipinski definition) is 3. The van der Waals surface area contributed by atoms with Crippen LogP contribution in [-0.2, 0) is 11.3 Å². The van der Waals surface area contributed by atoms with E-state index in [2.05, 4.69) is 15.6 Å². The number of carboxylic acids is 1. The summed E-state index contributed by atoms with van der Waals surface area (Å²) in [5.41, 5.74) is -0.520. The van der Waals surface area contributed by atoms with Crippen molar-refractivity contribution in [3.63, 3.8) is 0 Å². The SMILES string of the molecule is CCC(C)(NC(=O)NCc1nc(C)c(C)o1)C(=O)O. The van der Waals surface area contributed by atoms with Gasteiger partial charge in [-0.2, -0.15) is 0 Å². The van der Waals surface area contributed by atoms with Crippen molar-refractivity contribution >= 4 is 12.0 Å². The molecule has 3 N–H and O–H groups in total. The van der Waals surface area contributed by atoms with Gasteiger partial charge in [-0.1, -0.05) is 6.92 Å². The van der Waals surface area contributed by atoms with Gasteiger partial charge >= 0.3 is 12.0 Å². The molecule has 0 saturated carbocycles. The van der Waals surface area contributed by atoms with Gasteiger partial charge in [0.25, 0.3) is 0 Å². The predicted octanol–water partition coefficient (Wildman–Crippen LogP) is 1.34. The Hall–Kier alpha value is -2.05. The number of nitrogens with zero attached hydrogens (tertiary/aromatic N) is 1. The lowest BCUT2D eigenvalue weighted by atomic mass is 10.00. The highest BCUT2D eigenvalue weighted by atomic mass is 16.4. The number of carbonyl (C=O) groups excluding carboxylic acids is 1. The first-order valence-corrected chi connectivity index (χ1v) is 6.01. The highest BCUT2D eigenvalue weighted by molar-refractivity contribution is 5.85. The van der Waals surface area contributed by atoms with E-state index in [1.165, 1.54) is 6.92 Å². The average Bonchev–Trinajstić information content (AvgIpc) is 2.66. The van der Waals surface area contributed by atoms with Crippen LogP contribution in [-0.4, -0.2) is 27.6 Å². The quantitative estimate of drug-likeness (QED) is 0.748. The van der Waals surface area contributed by atoms with Crippen LogP contribution in [0.25, 0.3) is 0 Å². The first-order valence-electron chi connectivity index (χ1n) is 6.01. The number of urea groups is 1. The minimum Gasteiger partial charge on any atom is -0.480 e. The number of carbonyl (C=O) groups is 2. The van der Waals surface area contributed by atoms with E-state index in [1.54, 1.807) is 20.8 Å². The summed E-state index contributed by atoms with van der Waals surface area (Å²) in [4.78, 5) is 26.8. The lowest BCUT2D eigenvalue weighted by Gasteiger charge is -2.24. The molecule has 1 unspecified atom stereocenters. The maximum Gasteiger partial charge on any atom is 0.329 e. The summed E-state index contributed by atoms with van der Waals surface area (Å²) in [7, 11) is 0. The predicted molar refractivity (Wildman–Crippen MR) is 67.7 cm³/mol. The fraction of sp³-hybridized carbons (Fsp3) is 0.583. The molecule has 0 saturated heterocycles. The number of rotatable bonds is 5. The second kappa shape index (κ2) is 5.73. The van der Waals surface area contributed by atoms with E-state index in [0.29, 0.717) is 11.7 Å². The molecule has 0 aliphatic carbocycles. The van der Waals surface area contributed by atoms with Crippen molar-refractivity contribution in [2.75, 3.05) is 0 Å². The number of carboxylic acid groups (broad SMARTS) is 1. The maximum absolute atomic E-state index is 11.6. The van der Waals surface area contributed by atoms with Crippen molar-refractivity contribution in [1.29, 1.82) is 0 Å². The normalized spacial score (nSPS) is 13.7. The molecule has 2 amide bonds. The Labute approximate surface area is 111 Å². The van der Waals surface area contributed by atoms with E-state index in [9.17, 15) is 9.59 Å². The van der Waals surface area contributed by atoms with Crippen molar-refractivity contribution in [1.82, 2.24) is 15.6 Å². The molecule has 0 aromatic carbocycles. The van der Waals surface area contributed by atoms with Crippen LogP contribution in [0.3, 0.4) is 0 Å². The van der Waals surface area contributed by atoms with Crippen molar-refractivity contribution in [2.45, 2.75) is 46.2 Å². The summed E-state index contributed by atoms with van der Waals surface area (Å²) in [6.07, 6.45) is 0.285. The first-order chi connectivity index (χ1) is 8.78. The number of aromatic nitrogens is 1. The second-order valence-corrected chi connectivity index (χ2v) is 4.55. The number of hydrogen-bond acceptors (Lipinski definition) is 4. The third kappa shape index (κ3) is 3.70. The molecule has 1 aromatic heterocycles. The van der Waals surface area contributed by atoms with E-state index < -0.39 is 17.5 Å². The minimum atomic E-state index is -1.29. The Bertz CT molecular complexity index is 464. The third-order valence-electron chi connectivity index (χ3n) is 3.04. The Morgan fingerprint density at radius 3 is 2.47 bits per heavy atom. The van der Waals surface area contributed by atoms with Gasteiger partial charge < -0.3 is 20.2 Å². The number of nitrogens with one attached hydrogen (secondary N) is 2. The Kier molecular flexibility index (Phi) is 4.52. The molecule has 1 rings (SSSR count). The zero-order valence-electron chi connectivity index (χ0n) is 11.5. The van der Waals surface area contributed by atoms with Crippen LogP contribution in [0.1, 0.15) is 37.6 Å². The number of aliphatic carboxylic acids is 1. The van der Waals surface area contributed by atoms with Crippen LogP contribution in [0.2, 0.25) is 0 Å². The van der Waals surface area contributed by atoms with E-state index >= 15 is 0 Å². The van der Waals surface area contributed by atoms with Crippen molar-refractivity contribution in [3.8, 4) is 0 Å². The molecule has 0 aliphatic heterocycles. The monoisotopic (exact) mass is 269 g/mol. The summed E-state index contributed by atoms with van der Waals surface area (Å²) >= 11 is 0. The molecular weight excluding hydrogens is 250 g/mol. The molecule has 0 fully saturated rings. The summed E-state index contributed by atoms with van der Waals surface area (Å²) in [6, 6.07) is -0.569. The molecule has 0 bridgehead atoms. The zero-order chi connectivity index (χ0) is 14.6. The molecule has 1 aromatic rings. The van der Waals surface area contributed by atoms with Crippen LogP contribution in [0.4, 0.5) is 4.79 Å². The fourth-order valence-electron chi connectivity index (χ4n) is 1.36. The molecule has 106 valence electrons. The Morgan fingerprint density at radius 2 is 2.05 bits per heavy atom. The van der Waals surface area contributed by atoms with Gasteiger partial charge in [0, 0.05) is 0 Å². The summed E-state index contributed by atoms with van der Waals surface area (Å²) < 4.78 is 5.30. The topological polar surface area (TPSA) is 104 Å². The van der Waals surface area contributed by atoms with E-state index in [1.807, 2.05) is 0 Å². The van der Waals surface area contributed by atoms with Crippen molar-refractivity contribution < 1.29 is 19.1 Å². The molecule has 1 atom stereocenters. The van der Waals surface area contributed by atoms with Gasteiger partial charge in [0.15, 0.2) is 0 Å². The van der Waals surface area contributed by atoms with Gasteiger partial charge in [0.05, 0.1) is 12.2 Å². The number of oxazole rings is 1. The highest BCUT2D eigenvalue weighted by Crippen LogP contribution is 2.10. The molecule has 7 heteroatoms. The van der Waals surface area contributed by atoms with Gasteiger partial charge in [0.1, 0.15) is 11.3 Å². The molecule has 0 spiro atoms. The van der Waals surface area contributed by atoms with Crippen LogP contribution in [0.15, 0.2) is 4.42 Å². The van der Waals surface area contributed by atoms with Gasteiger partial charge in [-0.25, -0.2) is 14.6 Å². The first kappa shape index (κ1) is 15.0. The molecule has 0 aliphatic rings. The average molecular weight is 269 g/mol. The Morgan fingerprint density at radius 1 is 1.42 bits per heavy atom.